The highest BCUT2D eigenvalue weighted by Crippen LogP contribution is 2.53. The van der Waals surface area contributed by atoms with Gasteiger partial charge in [0, 0.05) is 10.4 Å². The number of hydrogen-bond donors (Lipinski definition) is 0. The second kappa shape index (κ2) is 5.53. The minimum Gasteiger partial charge on any atom is -0.223 e. The number of sulfone groups is 1. The molecule has 22 heavy (non-hydrogen) atoms. The van der Waals surface area contributed by atoms with Crippen LogP contribution in [0.1, 0.15) is 17.0 Å². The molecule has 1 saturated carbocycles. The average Bonchev–Trinajstić information content (AvgIpc) is 3.24. The number of nitrogens with zero attached hydrogens (tertiary/aromatic N) is 1. The summed E-state index contributed by atoms with van der Waals surface area (Å²) in [6, 6.07) is 16.5. The van der Waals surface area contributed by atoms with E-state index in [0.717, 1.165) is 15.6 Å². The first kappa shape index (κ1) is 15.3. The van der Waals surface area contributed by atoms with Crippen molar-refractivity contribution in [3.63, 3.8) is 0 Å². The third-order valence-electron chi connectivity index (χ3n) is 4.07. The quantitative estimate of drug-likeness (QED) is 0.818. The lowest BCUT2D eigenvalue weighted by atomic mass is 10.1. The standard InChI is InChI=1S/C17H14BrNO2S/c1-11-2-8-14(9-3-11)22(20,21)17-15(10-19)16(17)12-4-6-13(18)7-5-12/h2-9,15-17H,1H3/t15-,16+,17+/m1/s1. The topological polar surface area (TPSA) is 57.9 Å². The van der Waals surface area contributed by atoms with Crippen molar-refractivity contribution in [1.82, 2.24) is 0 Å². The smallest absolute Gasteiger partial charge is 0.183 e. The number of benzene rings is 2. The molecule has 0 bridgehead atoms. The Kier molecular flexibility index (Phi) is 3.84. The van der Waals surface area contributed by atoms with E-state index in [1.807, 2.05) is 31.2 Å². The molecule has 2 aromatic rings. The molecule has 1 aliphatic carbocycles. The highest BCUT2D eigenvalue weighted by molar-refractivity contribution is 9.10. The Morgan fingerprint density at radius 1 is 1.05 bits per heavy atom. The van der Waals surface area contributed by atoms with Crippen molar-refractivity contribution >= 4 is 25.8 Å². The van der Waals surface area contributed by atoms with Gasteiger partial charge in [0.25, 0.3) is 0 Å². The molecule has 0 N–H and O–H groups in total. The zero-order valence-electron chi connectivity index (χ0n) is 11.9. The van der Waals surface area contributed by atoms with Crippen LogP contribution in [0.15, 0.2) is 57.9 Å². The largest absolute Gasteiger partial charge is 0.223 e. The molecule has 0 heterocycles. The van der Waals surface area contributed by atoms with Crippen molar-refractivity contribution in [3.05, 3.63) is 64.1 Å². The lowest BCUT2D eigenvalue weighted by Crippen LogP contribution is -2.10. The van der Waals surface area contributed by atoms with Crippen LogP contribution in [-0.4, -0.2) is 13.7 Å². The van der Waals surface area contributed by atoms with Gasteiger partial charge in [-0.15, -0.1) is 0 Å². The predicted octanol–water partition coefficient (Wildman–Crippen LogP) is 3.84. The van der Waals surface area contributed by atoms with E-state index in [4.69, 9.17) is 0 Å². The van der Waals surface area contributed by atoms with Gasteiger partial charge in [0.2, 0.25) is 0 Å². The summed E-state index contributed by atoms with van der Waals surface area (Å²) >= 11 is 3.36. The summed E-state index contributed by atoms with van der Waals surface area (Å²) in [6.07, 6.45) is 0. The maximum Gasteiger partial charge on any atom is 0.183 e. The average molecular weight is 376 g/mol. The molecule has 3 nitrogen and oxygen atoms in total. The van der Waals surface area contributed by atoms with Crippen LogP contribution in [0.2, 0.25) is 0 Å². The molecule has 112 valence electrons. The van der Waals surface area contributed by atoms with Gasteiger partial charge >= 0.3 is 0 Å². The van der Waals surface area contributed by atoms with E-state index in [1.165, 1.54) is 0 Å². The van der Waals surface area contributed by atoms with Crippen molar-refractivity contribution in [1.29, 1.82) is 5.26 Å². The van der Waals surface area contributed by atoms with Crippen LogP contribution in [0.25, 0.3) is 0 Å². The fraction of sp³-hybridized carbons (Fsp3) is 0.235. The highest BCUT2D eigenvalue weighted by Gasteiger charge is 2.59. The third kappa shape index (κ3) is 2.57. The van der Waals surface area contributed by atoms with Gasteiger partial charge < -0.3 is 0 Å². The minimum absolute atomic E-state index is 0.246. The van der Waals surface area contributed by atoms with Gasteiger partial charge in [-0.3, -0.25) is 0 Å². The molecule has 3 atom stereocenters. The molecule has 0 spiro atoms. The Balaban J connectivity index is 1.95. The predicted molar refractivity (Wildman–Crippen MR) is 88.1 cm³/mol. The van der Waals surface area contributed by atoms with Gasteiger partial charge in [-0.25, -0.2) is 8.42 Å². The van der Waals surface area contributed by atoms with E-state index in [9.17, 15) is 13.7 Å². The Bertz CT molecular complexity index is 836. The van der Waals surface area contributed by atoms with Crippen LogP contribution in [-0.2, 0) is 9.84 Å². The maximum atomic E-state index is 12.8. The van der Waals surface area contributed by atoms with E-state index in [-0.39, 0.29) is 5.92 Å². The lowest BCUT2D eigenvalue weighted by Gasteiger charge is -2.04. The van der Waals surface area contributed by atoms with Gasteiger partial charge in [-0.2, -0.15) is 5.26 Å². The molecule has 2 aromatic carbocycles. The van der Waals surface area contributed by atoms with E-state index >= 15 is 0 Å². The molecule has 0 aromatic heterocycles. The van der Waals surface area contributed by atoms with Crippen LogP contribution in [0, 0.1) is 24.2 Å². The summed E-state index contributed by atoms with van der Waals surface area (Å²) in [5, 5.41) is 8.64. The summed E-state index contributed by atoms with van der Waals surface area (Å²) in [4.78, 5) is 0.294. The summed E-state index contributed by atoms with van der Waals surface area (Å²) in [7, 11) is -3.49. The molecule has 0 radical (unpaired) electrons. The Hall–Kier alpha value is -1.64. The molecule has 0 amide bonds. The molecular formula is C17H14BrNO2S. The second-order valence-corrected chi connectivity index (χ2v) is 8.58. The number of hydrogen-bond acceptors (Lipinski definition) is 3. The van der Waals surface area contributed by atoms with Crippen molar-refractivity contribution in [2.75, 3.05) is 0 Å². The van der Waals surface area contributed by atoms with Gasteiger partial charge in [-0.05, 0) is 36.8 Å². The van der Waals surface area contributed by atoms with Crippen LogP contribution in [0.3, 0.4) is 0 Å². The molecule has 0 aliphatic heterocycles. The SMILES string of the molecule is Cc1ccc(S(=O)(=O)[C@H]2[C@H](C#N)[C@@H]2c2ccc(Br)cc2)cc1. The number of nitriles is 1. The first-order valence-electron chi connectivity index (χ1n) is 6.91. The molecule has 3 rings (SSSR count). The number of aryl methyl sites for hydroxylation is 1. The monoisotopic (exact) mass is 375 g/mol. The summed E-state index contributed by atoms with van der Waals surface area (Å²) < 4.78 is 26.5. The van der Waals surface area contributed by atoms with E-state index in [1.54, 1.807) is 24.3 Å². The molecule has 0 saturated heterocycles. The Morgan fingerprint density at radius 2 is 1.64 bits per heavy atom. The fourth-order valence-corrected chi connectivity index (χ4v) is 5.12. The van der Waals surface area contributed by atoms with Crippen LogP contribution in [0.4, 0.5) is 0 Å². The third-order valence-corrected chi connectivity index (χ3v) is 6.83. The number of halogens is 1. The second-order valence-electron chi connectivity index (χ2n) is 5.55. The highest BCUT2D eigenvalue weighted by atomic mass is 79.9. The summed E-state index contributed by atoms with van der Waals surface area (Å²) in [5.41, 5.74) is 1.91. The van der Waals surface area contributed by atoms with Crippen molar-refractivity contribution in [2.45, 2.75) is 23.0 Å². The van der Waals surface area contributed by atoms with E-state index in [0.29, 0.717) is 4.90 Å². The van der Waals surface area contributed by atoms with E-state index in [2.05, 4.69) is 22.0 Å². The Labute approximate surface area is 138 Å². The van der Waals surface area contributed by atoms with Gasteiger partial charge in [-0.1, -0.05) is 45.8 Å². The Morgan fingerprint density at radius 3 is 2.18 bits per heavy atom. The molecular weight excluding hydrogens is 362 g/mol. The van der Waals surface area contributed by atoms with Gasteiger partial charge in [0.1, 0.15) is 0 Å². The van der Waals surface area contributed by atoms with Crippen molar-refractivity contribution < 1.29 is 8.42 Å². The van der Waals surface area contributed by atoms with Crippen LogP contribution < -0.4 is 0 Å². The molecule has 5 heteroatoms. The van der Waals surface area contributed by atoms with Crippen molar-refractivity contribution in [2.24, 2.45) is 5.92 Å². The normalized spacial score (nSPS) is 23.8. The first-order chi connectivity index (χ1) is 10.4. The molecule has 1 aliphatic rings. The summed E-state index contributed by atoms with van der Waals surface area (Å²) in [6.45, 7) is 1.91. The van der Waals surface area contributed by atoms with Crippen LogP contribution >= 0.6 is 15.9 Å². The summed E-state index contributed by atoms with van der Waals surface area (Å²) in [5.74, 6) is -0.725. The zero-order valence-corrected chi connectivity index (χ0v) is 14.3. The fourth-order valence-electron chi connectivity index (χ4n) is 2.79. The van der Waals surface area contributed by atoms with Crippen LogP contribution in [0.5, 0.6) is 0 Å². The minimum atomic E-state index is -3.49. The first-order valence-corrected chi connectivity index (χ1v) is 9.25. The van der Waals surface area contributed by atoms with Crippen molar-refractivity contribution in [3.8, 4) is 6.07 Å². The molecule has 1 fully saturated rings. The zero-order chi connectivity index (χ0) is 15.9. The maximum absolute atomic E-state index is 12.8. The lowest BCUT2D eigenvalue weighted by molar-refractivity contribution is 0.593. The number of rotatable bonds is 3. The van der Waals surface area contributed by atoms with E-state index < -0.39 is 21.0 Å². The van der Waals surface area contributed by atoms with Gasteiger partial charge in [0.15, 0.2) is 9.84 Å². The molecule has 0 unspecified atom stereocenters. The van der Waals surface area contributed by atoms with Gasteiger partial charge in [0.05, 0.1) is 22.1 Å².